The Hall–Kier alpha value is -0.0400. The summed E-state index contributed by atoms with van der Waals surface area (Å²) < 4.78 is 0. The molecular weight excluding hydrogens is 148 g/mol. The van der Waals surface area contributed by atoms with Crippen LogP contribution >= 0.6 is 0 Å². The van der Waals surface area contributed by atoms with Gasteiger partial charge in [-0.15, -0.1) is 0 Å². The molecule has 1 nitrogen and oxygen atoms in total. The Labute approximate surface area is 75.2 Å². The fourth-order valence-corrected chi connectivity index (χ4v) is 2.69. The topological polar surface area (TPSA) is 20.2 Å². The molecule has 0 saturated heterocycles. The van der Waals surface area contributed by atoms with Gasteiger partial charge < -0.3 is 5.11 Å². The van der Waals surface area contributed by atoms with Gasteiger partial charge in [-0.3, -0.25) is 0 Å². The molecule has 1 spiro atoms. The minimum absolute atomic E-state index is 0.325. The van der Waals surface area contributed by atoms with Crippen LogP contribution in [0.15, 0.2) is 0 Å². The quantitative estimate of drug-likeness (QED) is 0.638. The van der Waals surface area contributed by atoms with Crippen molar-refractivity contribution in [3.05, 3.63) is 0 Å². The monoisotopic (exact) mass is 168 g/mol. The Bertz CT molecular complexity index is 181. The number of aliphatic hydroxyl groups is 1. The van der Waals surface area contributed by atoms with E-state index < -0.39 is 0 Å². The highest BCUT2D eigenvalue weighted by Gasteiger charge is 2.51. The van der Waals surface area contributed by atoms with Crippen LogP contribution in [0.5, 0.6) is 0 Å². The normalized spacial score (nSPS) is 39.0. The van der Waals surface area contributed by atoms with Crippen LogP contribution in [0.2, 0.25) is 0 Å². The van der Waals surface area contributed by atoms with Gasteiger partial charge in [0.1, 0.15) is 0 Å². The predicted molar refractivity (Wildman–Crippen MR) is 49.9 cm³/mol. The van der Waals surface area contributed by atoms with Crippen LogP contribution in [-0.2, 0) is 0 Å². The second-order valence-corrected chi connectivity index (χ2v) is 5.29. The van der Waals surface area contributed by atoms with Crippen molar-refractivity contribution in [1.29, 1.82) is 0 Å². The lowest BCUT2D eigenvalue weighted by molar-refractivity contribution is -0.0592. The summed E-state index contributed by atoms with van der Waals surface area (Å²) >= 11 is 0. The molecule has 2 fully saturated rings. The molecule has 12 heavy (non-hydrogen) atoms. The average molecular weight is 168 g/mol. The van der Waals surface area contributed by atoms with Gasteiger partial charge in [-0.1, -0.05) is 20.3 Å². The maximum Gasteiger partial charge on any atom is 0.0675 e. The summed E-state index contributed by atoms with van der Waals surface area (Å²) in [6, 6.07) is 0. The smallest absolute Gasteiger partial charge is 0.0675 e. The Kier molecular flexibility index (Phi) is 1.76. The van der Waals surface area contributed by atoms with Crippen molar-refractivity contribution in [3.8, 4) is 0 Å². The van der Waals surface area contributed by atoms with Gasteiger partial charge >= 0.3 is 0 Å². The van der Waals surface area contributed by atoms with Crippen LogP contribution in [0.4, 0.5) is 0 Å². The summed E-state index contributed by atoms with van der Waals surface area (Å²) in [5.41, 5.74) is 0.270. The second kappa shape index (κ2) is 2.47. The molecule has 0 aromatic carbocycles. The fourth-order valence-electron chi connectivity index (χ4n) is 2.69. The third-order valence-electron chi connectivity index (χ3n) is 4.03. The van der Waals surface area contributed by atoms with Crippen molar-refractivity contribution >= 4 is 0 Å². The van der Waals surface area contributed by atoms with E-state index >= 15 is 0 Å². The zero-order chi connectivity index (χ0) is 8.82. The van der Waals surface area contributed by atoms with E-state index in [2.05, 4.69) is 13.8 Å². The molecule has 0 amide bonds. The van der Waals surface area contributed by atoms with Crippen LogP contribution < -0.4 is 0 Å². The van der Waals surface area contributed by atoms with Crippen LogP contribution in [-0.4, -0.2) is 10.7 Å². The van der Waals surface area contributed by atoms with Gasteiger partial charge in [-0.2, -0.15) is 0 Å². The number of rotatable bonds is 1. The fraction of sp³-hybridized carbons (Fsp3) is 1.00. The van der Waals surface area contributed by atoms with Gasteiger partial charge in [0.05, 0.1) is 5.60 Å². The molecule has 0 aliphatic heterocycles. The van der Waals surface area contributed by atoms with Gasteiger partial charge in [0.15, 0.2) is 0 Å². The number of hydrogen-bond acceptors (Lipinski definition) is 1. The van der Waals surface area contributed by atoms with Crippen molar-refractivity contribution in [1.82, 2.24) is 0 Å². The maximum absolute atomic E-state index is 10.3. The van der Waals surface area contributed by atoms with Crippen LogP contribution in [0.1, 0.15) is 52.4 Å². The van der Waals surface area contributed by atoms with Crippen LogP contribution in [0.3, 0.4) is 0 Å². The Morgan fingerprint density at radius 3 is 2.25 bits per heavy atom. The molecule has 1 unspecified atom stereocenters. The molecule has 0 heterocycles. The lowest BCUT2D eigenvalue weighted by atomic mass is 9.71. The van der Waals surface area contributed by atoms with Gasteiger partial charge in [0, 0.05) is 0 Å². The molecule has 2 aliphatic carbocycles. The standard InChI is InChI=1S/C11H20O/c1-9(2)11(12)5-3-4-10(8-11)6-7-10/h9,12H,3-8H2,1-2H3. The second-order valence-electron chi connectivity index (χ2n) is 5.29. The first-order valence-corrected chi connectivity index (χ1v) is 5.29. The molecule has 1 atom stereocenters. The van der Waals surface area contributed by atoms with Gasteiger partial charge in [0.2, 0.25) is 0 Å². The molecule has 0 aromatic heterocycles. The zero-order valence-corrected chi connectivity index (χ0v) is 8.27. The lowest BCUT2D eigenvalue weighted by Crippen LogP contribution is -2.40. The largest absolute Gasteiger partial charge is 0.390 e. The van der Waals surface area contributed by atoms with Crippen molar-refractivity contribution < 1.29 is 5.11 Å². The first-order chi connectivity index (χ1) is 5.56. The Morgan fingerprint density at radius 1 is 1.08 bits per heavy atom. The van der Waals surface area contributed by atoms with E-state index in [9.17, 15) is 5.11 Å². The third kappa shape index (κ3) is 1.28. The maximum atomic E-state index is 10.3. The Morgan fingerprint density at radius 2 is 1.75 bits per heavy atom. The molecule has 1 heteroatoms. The molecule has 70 valence electrons. The van der Waals surface area contributed by atoms with Gasteiger partial charge in [0.25, 0.3) is 0 Å². The zero-order valence-electron chi connectivity index (χ0n) is 8.27. The van der Waals surface area contributed by atoms with E-state index in [0.717, 1.165) is 12.8 Å². The summed E-state index contributed by atoms with van der Waals surface area (Å²) in [5.74, 6) is 0.440. The average Bonchev–Trinajstić information content (AvgIpc) is 2.68. The van der Waals surface area contributed by atoms with Crippen molar-refractivity contribution in [2.75, 3.05) is 0 Å². The van der Waals surface area contributed by atoms with E-state index in [1.807, 2.05) is 0 Å². The summed E-state index contributed by atoms with van der Waals surface area (Å²) in [4.78, 5) is 0. The molecule has 2 rings (SSSR count). The first-order valence-electron chi connectivity index (χ1n) is 5.29. The number of hydrogen-bond donors (Lipinski definition) is 1. The minimum Gasteiger partial charge on any atom is -0.390 e. The van der Waals surface area contributed by atoms with Crippen LogP contribution in [0, 0.1) is 11.3 Å². The predicted octanol–water partition coefficient (Wildman–Crippen LogP) is 2.73. The van der Waals surface area contributed by atoms with Crippen LogP contribution in [0.25, 0.3) is 0 Å². The summed E-state index contributed by atoms with van der Waals surface area (Å²) in [7, 11) is 0. The summed E-state index contributed by atoms with van der Waals surface area (Å²) in [6.07, 6.45) is 7.49. The van der Waals surface area contributed by atoms with Crippen molar-refractivity contribution in [2.24, 2.45) is 11.3 Å². The van der Waals surface area contributed by atoms with E-state index in [1.54, 1.807) is 0 Å². The van der Waals surface area contributed by atoms with Gasteiger partial charge in [-0.05, 0) is 43.4 Å². The molecule has 0 aromatic rings. The summed E-state index contributed by atoms with van der Waals surface area (Å²) in [5, 5.41) is 10.3. The highest BCUT2D eigenvalue weighted by Crippen LogP contribution is 2.59. The van der Waals surface area contributed by atoms with E-state index in [4.69, 9.17) is 0 Å². The van der Waals surface area contributed by atoms with E-state index in [-0.39, 0.29) is 5.60 Å². The minimum atomic E-state index is -0.325. The van der Waals surface area contributed by atoms with Crippen molar-refractivity contribution in [2.45, 2.75) is 58.0 Å². The summed E-state index contributed by atoms with van der Waals surface area (Å²) in [6.45, 7) is 4.31. The van der Waals surface area contributed by atoms with Gasteiger partial charge in [-0.25, -0.2) is 0 Å². The first kappa shape index (κ1) is 8.55. The highest BCUT2D eigenvalue weighted by molar-refractivity contribution is 5.03. The Balaban J connectivity index is 2.07. The molecule has 0 bridgehead atoms. The molecule has 0 radical (unpaired) electrons. The molecule has 2 saturated carbocycles. The van der Waals surface area contributed by atoms with Crippen molar-refractivity contribution in [3.63, 3.8) is 0 Å². The highest BCUT2D eigenvalue weighted by atomic mass is 16.3. The SMILES string of the molecule is CC(C)C1(O)CCCC2(CC2)C1. The lowest BCUT2D eigenvalue weighted by Gasteiger charge is -2.40. The van der Waals surface area contributed by atoms with E-state index in [1.165, 1.54) is 25.7 Å². The molecular formula is C11H20O. The molecule has 1 N–H and O–H groups in total. The third-order valence-corrected chi connectivity index (χ3v) is 4.03. The van der Waals surface area contributed by atoms with E-state index in [0.29, 0.717) is 11.3 Å². The molecule has 2 aliphatic rings.